The molecule has 0 saturated carbocycles. The highest BCUT2D eigenvalue weighted by Crippen LogP contribution is 2.28. The molecule has 0 aliphatic heterocycles. The van der Waals surface area contributed by atoms with Crippen LogP contribution < -0.4 is 4.74 Å². The van der Waals surface area contributed by atoms with Crippen LogP contribution in [-0.4, -0.2) is 24.8 Å². The van der Waals surface area contributed by atoms with Gasteiger partial charge in [0.2, 0.25) is 10.0 Å². The molecular weight excluding hydrogens is 374 g/mol. The maximum atomic E-state index is 13.4. The fourth-order valence-electron chi connectivity index (χ4n) is 2.76. The van der Waals surface area contributed by atoms with Crippen molar-refractivity contribution < 1.29 is 13.2 Å². The molecule has 1 heterocycles. The van der Waals surface area contributed by atoms with Crippen molar-refractivity contribution in [3.05, 3.63) is 89.7 Å². The predicted octanol–water partition coefficient (Wildman–Crippen LogP) is 3.35. The summed E-state index contributed by atoms with van der Waals surface area (Å²) in [6, 6.07) is 20.8. The van der Waals surface area contributed by atoms with E-state index >= 15 is 0 Å². The minimum atomic E-state index is -3.85. The van der Waals surface area contributed by atoms with Crippen LogP contribution in [0.4, 0.5) is 0 Å². The number of para-hydroxylation sites is 1. The minimum absolute atomic E-state index is 0.0991. The molecule has 0 atom stereocenters. The Bertz CT molecular complexity index is 1080. The van der Waals surface area contributed by atoms with Gasteiger partial charge in [0.1, 0.15) is 10.6 Å². The first kappa shape index (κ1) is 19.5. The summed E-state index contributed by atoms with van der Waals surface area (Å²) in [6.45, 7) is 0.254. The molecule has 0 bridgehead atoms. The van der Waals surface area contributed by atoms with Crippen LogP contribution in [0.2, 0.25) is 0 Å². The highest BCUT2D eigenvalue weighted by atomic mass is 32.2. The first-order valence-corrected chi connectivity index (χ1v) is 10.0. The first-order chi connectivity index (χ1) is 13.5. The van der Waals surface area contributed by atoms with Crippen molar-refractivity contribution in [2.75, 3.05) is 7.11 Å². The molecule has 0 aliphatic carbocycles. The lowest BCUT2D eigenvalue weighted by Crippen LogP contribution is -2.31. The van der Waals surface area contributed by atoms with Gasteiger partial charge in [0.15, 0.2) is 0 Å². The van der Waals surface area contributed by atoms with Crippen LogP contribution in [0.3, 0.4) is 0 Å². The number of methoxy groups -OCH3 is 1. The lowest BCUT2D eigenvalue weighted by Gasteiger charge is -2.23. The van der Waals surface area contributed by atoms with Crippen LogP contribution in [-0.2, 0) is 23.1 Å². The van der Waals surface area contributed by atoms with E-state index in [9.17, 15) is 8.42 Å². The van der Waals surface area contributed by atoms with E-state index in [-0.39, 0.29) is 23.7 Å². The van der Waals surface area contributed by atoms with Crippen LogP contribution >= 0.6 is 0 Å². The molecule has 0 saturated heterocycles. The van der Waals surface area contributed by atoms with E-state index in [4.69, 9.17) is 10.00 Å². The fraction of sp³-hybridized carbons (Fsp3) is 0.143. The second-order valence-electron chi connectivity index (χ2n) is 6.05. The van der Waals surface area contributed by atoms with Crippen molar-refractivity contribution in [3.8, 4) is 11.8 Å². The van der Waals surface area contributed by atoms with Gasteiger partial charge in [-0.3, -0.25) is 4.98 Å². The van der Waals surface area contributed by atoms with E-state index < -0.39 is 10.0 Å². The highest BCUT2D eigenvalue weighted by Gasteiger charge is 2.28. The molecule has 142 valence electrons. The Kier molecular flexibility index (Phi) is 6.04. The Labute approximate surface area is 164 Å². The number of hydrogen-bond acceptors (Lipinski definition) is 5. The highest BCUT2D eigenvalue weighted by molar-refractivity contribution is 7.89. The number of rotatable bonds is 7. The number of nitriles is 1. The van der Waals surface area contributed by atoms with Gasteiger partial charge in [0.05, 0.1) is 31.0 Å². The molecule has 0 aliphatic rings. The molecule has 0 spiro atoms. The molecule has 2 aromatic carbocycles. The van der Waals surface area contributed by atoms with Gasteiger partial charge in [-0.05, 0) is 42.0 Å². The molecule has 0 unspecified atom stereocenters. The molecule has 6 nitrogen and oxygen atoms in total. The summed E-state index contributed by atoms with van der Waals surface area (Å²) in [6.07, 6.45) is 1.63. The van der Waals surface area contributed by atoms with E-state index in [1.54, 1.807) is 60.8 Å². The molecule has 3 rings (SSSR count). The maximum Gasteiger partial charge on any atom is 0.247 e. The summed E-state index contributed by atoms with van der Waals surface area (Å²) in [7, 11) is -2.41. The third kappa shape index (κ3) is 4.36. The Balaban J connectivity index is 2.00. The van der Waals surface area contributed by atoms with Gasteiger partial charge in [-0.25, -0.2) is 8.42 Å². The number of ether oxygens (including phenoxy) is 1. The SMILES string of the molecule is COc1ccccc1S(=O)(=O)N(Cc1ccc(C#N)cc1)Cc1ccccn1. The molecule has 1 aromatic heterocycles. The lowest BCUT2D eigenvalue weighted by molar-refractivity contribution is 0.380. The van der Waals surface area contributed by atoms with Crippen molar-refractivity contribution >= 4 is 10.0 Å². The smallest absolute Gasteiger partial charge is 0.247 e. The Morgan fingerprint density at radius 3 is 2.36 bits per heavy atom. The van der Waals surface area contributed by atoms with Gasteiger partial charge in [0, 0.05) is 12.7 Å². The third-order valence-electron chi connectivity index (χ3n) is 4.19. The average molecular weight is 393 g/mol. The van der Waals surface area contributed by atoms with E-state index in [0.717, 1.165) is 5.56 Å². The molecular formula is C21H19N3O3S. The van der Waals surface area contributed by atoms with Crippen LogP contribution in [0, 0.1) is 11.3 Å². The zero-order chi connectivity index (χ0) is 20.0. The lowest BCUT2D eigenvalue weighted by atomic mass is 10.1. The van der Waals surface area contributed by atoms with E-state index in [0.29, 0.717) is 11.3 Å². The minimum Gasteiger partial charge on any atom is -0.495 e. The zero-order valence-electron chi connectivity index (χ0n) is 15.3. The monoisotopic (exact) mass is 393 g/mol. The Hall–Kier alpha value is -3.21. The summed E-state index contributed by atoms with van der Waals surface area (Å²) in [5.74, 6) is 0.286. The van der Waals surface area contributed by atoms with Gasteiger partial charge in [-0.15, -0.1) is 0 Å². The van der Waals surface area contributed by atoms with Crippen LogP contribution in [0.5, 0.6) is 5.75 Å². The topological polar surface area (TPSA) is 83.3 Å². The van der Waals surface area contributed by atoms with Gasteiger partial charge >= 0.3 is 0 Å². The van der Waals surface area contributed by atoms with E-state index in [1.165, 1.54) is 17.5 Å². The summed E-state index contributed by atoms with van der Waals surface area (Å²) < 4.78 is 33.4. The van der Waals surface area contributed by atoms with Crippen molar-refractivity contribution in [2.24, 2.45) is 0 Å². The summed E-state index contributed by atoms with van der Waals surface area (Å²) in [4.78, 5) is 4.36. The molecule has 7 heteroatoms. The van der Waals surface area contributed by atoms with Crippen molar-refractivity contribution in [2.45, 2.75) is 18.0 Å². The van der Waals surface area contributed by atoms with Gasteiger partial charge in [0.25, 0.3) is 0 Å². The molecule has 28 heavy (non-hydrogen) atoms. The second kappa shape index (κ2) is 8.65. The van der Waals surface area contributed by atoms with Crippen molar-refractivity contribution in [1.82, 2.24) is 9.29 Å². The number of aromatic nitrogens is 1. The van der Waals surface area contributed by atoms with Gasteiger partial charge in [-0.2, -0.15) is 9.57 Å². The van der Waals surface area contributed by atoms with Crippen LogP contribution in [0.15, 0.2) is 77.8 Å². The van der Waals surface area contributed by atoms with E-state index in [1.807, 2.05) is 6.07 Å². The molecule has 0 N–H and O–H groups in total. The summed E-state index contributed by atoms with van der Waals surface area (Å²) in [5.41, 5.74) is 1.93. The molecule has 3 aromatic rings. The Morgan fingerprint density at radius 1 is 1.00 bits per heavy atom. The quantitative estimate of drug-likeness (QED) is 0.615. The normalized spacial score (nSPS) is 11.2. The number of sulfonamides is 1. The fourth-order valence-corrected chi connectivity index (χ4v) is 4.31. The molecule has 0 amide bonds. The van der Waals surface area contributed by atoms with Gasteiger partial charge in [-0.1, -0.05) is 30.3 Å². The van der Waals surface area contributed by atoms with Crippen molar-refractivity contribution in [3.63, 3.8) is 0 Å². The molecule has 0 fully saturated rings. The third-order valence-corrected chi connectivity index (χ3v) is 6.02. The van der Waals surface area contributed by atoms with Crippen LogP contribution in [0.1, 0.15) is 16.8 Å². The number of nitrogens with zero attached hydrogens (tertiary/aromatic N) is 3. The number of pyridine rings is 1. The van der Waals surface area contributed by atoms with Gasteiger partial charge < -0.3 is 4.74 Å². The zero-order valence-corrected chi connectivity index (χ0v) is 16.1. The largest absolute Gasteiger partial charge is 0.495 e. The second-order valence-corrected chi connectivity index (χ2v) is 7.96. The van der Waals surface area contributed by atoms with Crippen molar-refractivity contribution in [1.29, 1.82) is 5.26 Å². The first-order valence-electron chi connectivity index (χ1n) is 8.56. The predicted molar refractivity (Wildman–Crippen MR) is 105 cm³/mol. The maximum absolute atomic E-state index is 13.4. The molecule has 0 radical (unpaired) electrons. The van der Waals surface area contributed by atoms with E-state index in [2.05, 4.69) is 11.1 Å². The number of hydrogen-bond donors (Lipinski definition) is 0. The summed E-state index contributed by atoms with van der Waals surface area (Å²) >= 11 is 0. The summed E-state index contributed by atoms with van der Waals surface area (Å²) in [5, 5.41) is 8.96. The number of benzene rings is 2. The van der Waals surface area contributed by atoms with Crippen LogP contribution in [0.25, 0.3) is 0 Å². The average Bonchev–Trinajstić information content (AvgIpc) is 2.74. The standard InChI is InChI=1S/C21H19N3O3S/c1-27-20-7-2-3-8-21(20)28(25,26)24(16-19-6-4-5-13-23-19)15-18-11-9-17(14-22)10-12-18/h2-13H,15-16H2,1H3. The Morgan fingerprint density at radius 2 is 1.71 bits per heavy atom.